The number of halogens is 1. The molecule has 2 aliphatic rings. The Morgan fingerprint density at radius 1 is 1.13 bits per heavy atom. The predicted octanol–water partition coefficient (Wildman–Crippen LogP) is 3.85. The van der Waals surface area contributed by atoms with E-state index in [4.69, 9.17) is 18.9 Å². The quantitative estimate of drug-likeness (QED) is 0.332. The van der Waals surface area contributed by atoms with Gasteiger partial charge in [0.1, 0.15) is 19.8 Å². The number of hydrogen-bond acceptors (Lipinski definition) is 10. The number of carbonyl (C=O) groups excluding carboxylic acids is 4. The maximum Gasteiger partial charge on any atom is 0.343 e. The van der Waals surface area contributed by atoms with Crippen LogP contribution in [0, 0.1) is 0 Å². The van der Waals surface area contributed by atoms with Crippen LogP contribution in [0.5, 0.6) is 23.0 Å². The maximum absolute atomic E-state index is 13.0. The molecule has 200 valence electrons. The molecule has 13 heteroatoms. The minimum Gasteiger partial charge on any atom is -0.490 e. The SMILES string of the molecule is CCOc1cc(/C=C2\SC(=O)N(CC(=O)Nc3ccc4c(c3)OCCO4)C2=O)cc(Br)c1OCC(=O)OC. The highest BCUT2D eigenvalue weighted by atomic mass is 79.9. The van der Waals surface area contributed by atoms with Crippen LogP contribution < -0.4 is 24.3 Å². The minimum absolute atomic E-state index is 0.139. The molecule has 2 aromatic rings. The van der Waals surface area contributed by atoms with E-state index in [0.717, 1.165) is 16.7 Å². The van der Waals surface area contributed by atoms with Crippen LogP contribution in [0.25, 0.3) is 6.08 Å². The fourth-order valence-corrected chi connectivity index (χ4v) is 4.93. The van der Waals surface area contributed by atoms with Crippen molar-refractivity contribution in [2.75, 3.05) is 45.4 Å². The van der Waals surface area contributed by atoms with Gasteiger partial charge in [0.2, 0.25) is 5.91 Å². The van der Waals surface area contributed by atoms with Crippen molar-refractivity contribution in [2.45, 2.75) is 6.92 Å². The third kappa shape index (κ3) is 6.40. The lowest BCUT2D eigenvalue weighted by Crippen LogP contribution is -2.36. The van der Waals surface area contributed by atoms with Crippen molar-refractivity contribution in [1.29, 1.82) is 0 Å². The molecule has 0 aliphatic carbocycles. The average Bonchev–Trinajstić information content (AvgIpc) is 3.15. The highest BCUT2D eigenvalue weighted by Crippen LogP contribution is 2.39. The number of methoxy groups -OCH3 is 1. The van der Waals surface area contributed by atoms with Gasteiger partial charge in [-0.2, -0.15) is 0 Å². The number of thioether (sulfide) groups is 1. The Bertz CT molecular complexity index is 1310. The summed E-state index contributed by atoms with van der Waals surface area (Å²) in [5, 5.41) is 2.10. The number of fused-ring (bicyclic) bond motifs is 1. The molecule has 0 atom stereocenters. The second-order valence-corrected chi connectivity index (χ2v) is 9.65. The molecule has 0 radical (unpaired) electrons. The number of hydrogen-bond donors (Lipinski definition) is 1. The standard InChI is InChI=1S/C25H23BrN2O9S/c1-3-34-19-9-14(8-16(26)23(19)37-13-22(30)33-2)10-20-24(31)28(25(32)38-20)12-21(29)27-15-4-5-17-18(11-15)36-7-6-35-17/h4-5,8-11H,3,6-7,12-13H2,1-2H3,(H,27,29)/b20-10-. The van der Waals surface area contributed by atoms with Gasteiger partial charge in [0, 0.05) is 11.8 Å². The Morgan fingerprint density at radius 2 is 1.89 bits per heavy atom. The average molecular weight is 607 g/mol. The summed E-state index contributed by atoms with van der Waals surface area (Å²) in [5.74, 6) is -0.00501. The van der Waals surface area contributed by atoms with Gasteiger partial charge in [0.15, 0.2) is 29.6 Å². The zero-order chi connectivity index (χ0) is 27.2. The molecule has 3 amide bonds. The molecule has 38 heavy (non-hydrogen) atoms. The highest BCUT2D eigenvalue weighted by Gasteiger charge is 2.36. The van der Waals surface area contributed by atoms with Gasteiger partial charge in [-0.3, -0.25) is 19.3 Å². The summed E-state index contributed by atoms with van der Waals surface area (Å²) in [6.45, 7) is 2.18. The van der Waals surface area contributed by atoms with Crippen molar-refractivity contribution < 1.29 is 42.9 Å². The monoisotopic (exact) mass is 606 g/mol. The topological polar surface area (TPSA) is 130 Å². The van der Waals surface area contributed by atoms with Crippen LogP contribution in [0.1, 0.15) is 12.5 Å². The van der Waals surface area contributed by atoms with Crippen molar-refractivity contribution in [3.05, 3.63) is 45.3 Å². The van der Waals surface area contributed by atoms with Gasteiger partial charge in [-0.15, -0.1) is 0 Å². The number of anilines is 1. The van der Waals surface area contributed by atoms with E-state index < -0.39 is 29.6 Å². The van der Waals surface area contributed by atoms with Gasteiger partial charge < -0.3 is 29.0 Å². The zero-order valence-electron chi connectivity index (χ0n) is 20.4. The number of nitrogens with one attached hydrogen (secondary N) is 1. The second-order valence-electron chi connectivity index (χ2n) is 7.80. The molecule has 0 aromatic heterocycles. The van der Waals surface area contributed by atoms with Crippen LogP contribution in [-0.4, -0.2) is 68.0 Å². The first kappa shape index (κ1) is 27.3. The number of esters is 1. The lowest BCUT2D eigenvalue weighted by Gasteiger charge is -2.19. The second kappa shape index (κ2) is 12.2. The minimum atomic E-state index is -0.600. The third-order valence-corrected chi connectivity index (χ3v) is 6.69. The van der Waals surface area contributed by atoms with E-state index in [1.165, 1.54) is 13.2 Å². The zero-order valence-corrected chi connectivity index (χ0v) is 22.8. The Labute approximate surface area is 230 Å². The van der Waals surface area contributed by atoms with Crippen LogP contribution in [0.15, 0.2) is 39.7 Å². The molecule has 1 N–H and O–H groups in total. The molecule has 11 nitrogen and oxygen atoms in total. The van der Waals surface area contributed by atoms with E-state index >= 15 is 0 Å². The van der Waals surface area contributed by atoms with E-state index in [2.05, 4.69) is 26.0 Å². The first-order valence-electron chi connectivity index (χ1n) is 11.4. The Hall–Kier alpha value is -3.71. The summed E-state index contributed by atoms with van der Waals surface area (Å²) in [6, 6.07) is 8.20. The number of imide groups is 1. The number of benzene rings is 2. The molecule has 1 fully saturated rings. The van der Waals surface area contributed by atoms with Crippen molar-refractivity contribution in [3.63, 3.8) is 0 Å². The highest BCUT2D eigenvalue weighted by molar-refractivity contribution is 9.10. The lowest BCUT2D eigenvalue weighted by molar-refractivity contribution is -0.143. The first-order chi connectivity index (χ1) is 18.3. The summed E-state index contributed by atoms with van der Waals surface area (Å²) in [4.78, 5) is 50.6. The van der Waals surface area contributed by atoms with E-state index in [9.17, 15) is 19.2 Å². The summed E-state index contributed by atoms with van der Waals surface area (Å²) in [5.41, 5.74) is 0.988. The Morgan fingerprint density at radius 3 is 2.63 bits per heavy atom. The van der Waals surface area contributed by atoms with Crippen LogP contribution in [0.3, 0.4) is 0 Å². The Balaban J connectivity index is 1.46. The predicted molar refractivity (Wildman–Crippen MR) is 142 cm³/mol. The van der Waals surface area contributed by atoms with E-state index in [0.29, 0.717) is 58.5 Å². The molecule has 2 aromatic carbocycles. The van der Waals surface area contributed by atoms with Crippen molar-refractivity contribution in [1.82, 2.24) is 4.90 Å². The van der Waals surface area contributed by atoms with Crippen LogP contribution in [-0.2, 0) is 19.1 Å². The summed E-state index contributed by atoms with van der Waals surface area (Å²) >= 11 is 4.11. The summed E-state index contributed by atoms with van der Waals surface area (Å²) in [7, 11) is 1.25. The lowest BCUT2D eigenvalue weighted by atomic mass is 10.2. The molecule has 0 bridgehead atoms. The largest absolute Gasteiger partial charge is 0.490 e. The number of rotatable bonds is 9. The Kier molecular flexibility index (Phi) is 8.79. The van der Waals surface area contributed by atoms with Crippen LogP contribution >= 0.6 is 27.7 Å². The molecular weight excluding hydrogens is 584 g/mol. The fourth-order valence-electron chi connectivity index (χ4n) is 3.52. The molecule has 0 unspecified atom stereocenters. The van der Waals surface area contributed by atoms with E-state index in [1.807, 2.05) is 0 Å². The molecular formula is C25H23BrN2O9S. The molecule has 0 spiro atoms. The van der Waals surface area contributed by atoms with Gasteiger partial charge in [-0.05, 0) is 70.5 Å². The van der Waals surface area contributed by atoms with Gasteiger partial charge in [0.25, 0.3) is 11.1 Å². The number of nitrogens with zero attached hydrogens (tertiary/aromatic N) is 1. The van der Waals surface area contributed by atoms with Gasteiger partial charge in [0.05, 0.1) is 23.1 Å². The van der Waals surface area contributed by atoms with Crippen molar-refractivity contribution in [2.24, 2.45) is 0 Å². The number of amides is 3. The maximum atomic E-state index is 13.0. The van der Waals surface area contributed by atoms with Crippen molar-refractivity contribution >= 4 is 62.5 Å². The van der Waals surface area contributed by atoms with Gasteiger partial charge >= 0.3 is 5.97 Å². The van der Waals surface area contributed by atoms with Crippen LogP contribution in [0.4, 0.5) is 10.5 Å². The molecule has 2 aliphatic heterocycles. The normalized spacial score (nSPS) is 15.4. The smallest absolute Gasteiger partial charge is 0.343 e. The summed E-state index contributed by atoms with van der Waals surface area (Å²) < 4.78 is 27.2. The fraction of sp³-hybridized carbons (Fsp3) is 0.280. The van der Waals surface area contributed by atoms with Gasteiger partial charge in [-0.25, -0.2) is 4.79 Å². The number of ether oxygens (including phenoxy) is 5. The molecule has 1 saturated heterocycles. The van der Waals surface area contributed by atoms with Crippen LogP contribution in [0.2, 0.25) is 0 Å². The van der Waals surface area contributed by atoms with Gasteiger partial charge in [-0.1, -0.05) is 0 Å². The summed E-state index contributed by atoms with van der Waals surface area (Å²) in [6.07, 6.45) is 1.51. The molecule has 4 rings (SSSR count). The molecule has 2 heterocycles. The molecule has 0 saturated carbocycles. The third-order valence-electron chi connectivity index (χ3n) is 5.19. The van der Waals surface area contributed by atoms with E-state index in [-0.39, 0.29) is 11.5 Å². The number of carbonyl (C=O) groups is 4. The van der Waals surface area contributed by atoms with E-state index in [1.54, 1.807) is 37.3 Å². The first-order valence-corrected chi connectivity index (χ1v) is 13.0. The van der Waals surface area contributed by atoms with Crippen molar-refractivity contribution in [3.8, 4) is 23.0 Å².